The summed E-state index contributed by atoms with van der Waals surface area (Å²) in [6.45, 7) is 1.88. The number of esters is 1. The first-order valence-electron chi connectivity index (χ1n) is 4.23. The molecule has 74 valence electrons. The van der Waals surface area contributed by atoms with Crippen LogP contribution in [0.2, 0.25) is 0 Å². The summed E-state index contributed by atoms with van der Waals surface area (Å²) in [6.07, 6.45) is -0.147. The van der Waals surface area contributed by atoms with Gasteiger partial charge in [0, 0.05) is 6.42 Å². The second-order valence-electron chi connectivity index (χ2n) is 3.13. The maximum absolute atomic E-state index is 11.1. The molecule has 1 aliphatic rings. The van der Waals surface area contributed by atoms with Gasteiger partial charge in [-0.1, -0.05) is 0 Å². The van der Waals surface area contributed by atoms with Crippen molar-refractivity contribution in [1.29, 1.82) is 0 Å². The third kappa shape index (κ3) is 3.02. The molecule has 0 aromatic rings. The van der Waals surface area contributed by atoms with Crippen LogP contribution in [0.4, 0.5) is 0 Å². The zero-order valence-electron chi connectivity index (χ0n) is 7.45. The molecule has 0 aliphatic carbocycles. The number of rotatable bonds is 3. The Kier molecular flexibility index (Phi) is 3.25. The van der Waals surface area contributed by atoms with E-state index in [1.165, 1.54) is 6.92 Å². The Morgan fingerprint density at radius 2 is 2.54 bits per heavy atom. The third-order valence-electron chi connectivity index (χ3n) is 1.75. The van der Waals surface area contributed by atoms with Gasteiger partial charge in [-0.3, -0.25) is 4.79 Å². The summed E-state index contributed by atoms with van der Waals surface area (Å²) < 4.78 is 4.66. The molecule has 1 heterocycles. The van der Waals surface area contributed by atoms with E-state index in [4.69, 9.17) is 5.11 Å². The van der Waals surface area contributed by atoms with Crippen molar-refractivity contribution in [2.75, 3.05) is 6.61 Å². The lowest BCUT2D eigenvalue weighted by Crippen LogP contribution is -2.39. The summed E-state index contributed by atoms with van der Waals surface area (Å²) in [6, 6.07) is -0.522. The van der Waals surface area contributed by atoms with Crippen molar-refractivity contribution >= 4 is 11.9 Å². The third-order valence-corrected chi connectivity index (χ3v) is 1.75. The van der Waals surface area contributed by atoms with E-state index in [0.717, 1.165) is 0 Å². The Hall–Kier alpha value is -1.10. The van der Waals surface area contributed by atoms with Crippen LogP contribution in [0.5, 0.6) is 0 Å². The average molecular weight is 187 g/mol. The van der Waals surface area contributed by atoms with Gasteiger partial charge in [0.25, 0.3) is 0 Å². The minimum absolute atomic E-state index is 0.0176. The van der Waals surface area contributed by atoms with Crippen molar-refractivity contribution in [3.63, 3.8) is 0 Å². The summed E-state index contributed by atoms with van der Waals surface area (Å²) >= 11 is 0. The molecule has 0 aromatic heterocycles. The molecule has 0 radical (unpaired) electrons. The quantitative estimate of drug-likeness (QED) is 0.566. The SMILES string of the molecule is CC(O)CC(=O)N[C@H]1CCOC1=O. The highest BCUT2D eigenvalue weighted by Crippen LogP contribution is 2.05. The highest BCUT2D eigenvalue weighted by atomic mass is 16.5. The Labute approximate surface area is 76.1 Å². The summed E-state index contributed by atoms with van der Waals surface area (Å²) in [7, 11) is 0. The highest BCUT2D eigenvalue weighted by molar-refractivity contribution is 5.85. The van der Waals surface area contributed by atoms with Crippen molar-refractivity contribution in [3.05, 3.63) is 0 Å². The fraction of sp³-hybridized carbons (Fsp3) is 0.750. The van der Waals surface area contributed by atoms with Gasteiger partial charge in [-0.15, -0.1) is 0 Å². The van der Waals surface area contributed by atoms with E-state index in [9.17, 15) is 9.59 Å². The van der Waals surface area contributed by atoms with Gasteiger partial charge in [-0.2, -0.15) is 0 Å². The van der Waals surface area contributed by atoms with E-state index in [0.29, 0.717) is 13.0 Å². The average Bonchev–Trinajstić information content (AvgIpc) is 2.34. The van der Waals surface area contributed by atoms with E-state index in [2.05, 4.69) is 10.1 Å². The second kappa shape index (κ2) is 4.23. The predicted octanol–water partition coefficient (Wildman–Crippen LogP) is -0.811. The molecule has 1 saturated heterocycles. The van der Waals surface area contributed by atoms with Gasteiger partial charge in [0.1, 0.15) is 6.04 Å². The molecule has 2 N–H and O–H groups in total. The number of carbonyl (C=O) groups is 2. The molecule has 1 fully saturated rings. The first kappa shape index (κ1) is 9.98. The van der Waals surface area contributed by atoms with Crippen molar-refractivity contribution in [2.45, 2.75) is 31.9 Å². The van der Waals surface area contributed by atoms with Crippen LogP contribution < -0.4 is 5.32 Å². The minimum atomic E-state index is -0.683. The lowest BCUT2D eigenvalue weighted by atomic mass is 10.2. The number of aliphatic hydroxyl groups is 1. The lowest BCUT2D eigenvalue weighted by molar-refractivity contribution is -0.141. The molecular weight excluding hydrogens is 174 g/mol. The molecule has 0 saturated carbocycles. The minimum Gasteiger partial charge on any atom is -0.464 e. The smallest absolute Gasteiger partial charge is 0.328 e. The van der Waals surface area contributed by atoms with Gasteiger partial charge in [-0.05, 0) is 6.92 Å². The van der Waals surface area contributed by atoms with E-state index in [1.54, 1.807) is 0 Å². The molecule has 1 aliphatic heterocycles. The van der Waals surface area contributed by atoms with Crippen molar-refractivity contribution in [1.82, 2.24) is 5.32 Å². The first-order chi connectivity index (χ1) is 6.09. The maximum atomic E-state index is 11.1. The largest absolute Gasteiger partial charge is 0.464 e. The van der Waals surface area contributed by atoms with Crippen molar-refractivity contribution in [3.8, 4) is 0 Å². The summed E-state index contributed by atoms with van der Waals surface area (Å²) in [5, 5.41) is 11.4. The van der Waals surface area contributed by atoms with Crippen LogP contribution in [0.25, 0.3) is 0 Å². The number of nitrogens with one attached hydrogen (secondary N) is 1. The number of cyclic esters (lactones) is 1. The van der Waals surface area contributed by atoms with Crippen molar-refractivity contribution < 1.29 is 19.4 Å². The van der Waals surface area contributed by atoms with Gasteiger partial charge in [-0.25, -0.2) is 4.79 Å². The Morgan fingerprint density at radius 3 is 3.00 bits per heavy atom. The zero-order chi connectivity index (χ0) is 9.84. The number of carbonyl (C=O) groups excluding carboxylic acids is 2. The number of hydrogen-bond acceptors (Lipinski definition) is 4. The Bertz CT molecular complexity index is 214. The number of aliphatic hydroxyl groups excluding tert-OH is 1. The molecule has 0 aromatic carbocycles. The first-order valence-corrected chi connectivity index (χ1v) is 4.23. The zero-order valence-corrected chi connectivity index (χ0v) is 7.45. The monoisotopic (exact) mass is 187 g/mol. The van der Waals surface area contributed by atoms with Crippen molar-refractivity contribution in [2.24, 2.45) is 0 Å². The van der Waals surface area contributed by atoms with Crippen LogP contribution in [0.3, 0.4) is 0 Å². The van der Waals surface area contributed by atoms with Crippen LogP contribution in [-0.2, 0) is 14.3 Å². The molecule has 1 amide bonds. The molecule has 2 atom stereocenters. The molecule has 13 heavy (non-hydrogen) atoms. The molecule has 0 bridgehead atoms. The van der Waals surface area contributed by atoms with Gasteiger partial charge in [0.15, 0.2) is 0 Å². The predicted molar refractivity (Wildman–Crippen MR) is 43.8 cm³/mol. The molecule has 1 rings (SSSR count). The second-order valence-corrected chi connectivity index (χ2v) is 3.13. The molecule has 5 nitrogen and oxygen atoms in total. The summed E-state index contributed by atoms with van der Waals surface area (Å²) in [4.78, 5) is 22.0. The van der Waals surface area contributed by atoms with Gasteiger partial charge < -0.3 is 15.2 Å². The fourth-order valence-electron chi connectivity index (χ4n) is 1.15. The molecule has 0 spiro atoms. The molecule has 1 unspecified atom stereocenters. The Morgan fingerprint density at radius 1 is 1.85 bits per heavy atom. The molecular formula is C8H13NO4. The van der Waals surface area contributed by atoms with E-state index in [-0.39, 0.29) is 18.3 Å². The molecule has 5 heteroatoms. The summed E-state index contributed by atoms with van der Waals surface area (Å²) in [5.74, 6) is -0.710. The van der Waals surface area contributed by atoms with Crippen LogP contribution in [0.1, 0.15) is 19.8 Å². The number of ether oxygens (including phenoxy) is 1. The fourth-order valence-corrected chi connectivity index (χ4v) is 1.15. The Balaban J connectivity index is 2.31. The van der Waals surface area contributed by atoms with Crippen LogP contribution in [0.15, 0.2) is 0 Å². The van der Waals surface area contributed by atoms with Gasteiger partial charge >= 0.3 is 5.97 Å². The number of amides is 1. The van der Waals surface area contributed by atoms with Crippen LogP contribution in [0, 0.1) is 0 Å². The van der Waals surface area contributed by atoms with Gasteiger partial charge in [0.2, 0.25) is 5.91 Å². The normalized spacial score (nSPS) is 23.8. The standard InChI is InChI=1S/C8H13NO4/c1-5(10)4-7(11)9-6-2-3-13-8(6)12/h5-6,10H,2-4H2,1H3,(H,9,11)/t5?,6-/m0/s1. The van der Waals surface area contributed by atoms with E-state index in [1.807, 2.05) is 0 Å². The topological polar surface area (TPSA) is 75.6 Å². The highest BCUT2D eigenvalue weighted by Gasteiger charge is 2.27. The van der Waals surface area contributed by atoms with Crippen LogP contribution in [-0.4, -0.2) is 35.7 Å². The van der Waals surface area contributed by atoms with Crippen LogP contribution >= 0.6 is 0 Å². The summed E-state index contributed by atoms with van der Waals surface area (Å²) in [5.41, 5.74) is 0. The van der Waals surface area contributed by atoms with E-state index < -0.39 is 12.1 Å². The maximum Gasteiger partial charge on any atom is 0.328 e. The lowest BCUT2D eigenvalue weighted by Gasteiger charge is -2.09. The van der Waals surface area contributed by atoms with Gasteiger partial charge in [0.05, 0.1) is 19.1 Å². The van der Waals surface area contributed by atoms with E-state index >= 15 is 0 Å². The number of hydrogen-bond donors (Lipinski definition) is 2.